The van der Waals surface area contributed by atoms with Crippen molar-refractivity contribution >= 4 is 0 Å². The molecule has 1 heterocycles. The highest BCUT2D eigenvalue weighted by molar-refractivity contribution is 5.40. The minimum absolute atomic E-state index is 0.265. The predicted molar refractivity (Wildman–Crippen MR) is 123 cm³/mol. The van der Waals surface area contributed by atoms with Crippen LogP contribution in [-0.4, -0.2) is 49.1 Å². The molecule has 1 saturated heterocycles. The quantitative estimate of drug-likeness (QED) is 0.485. The number of rotatable bonds is 10. The highest BCUT2D eigenvalue weighted by Crippen LogP contribution is 2.29. The lowest BCUT2D eigenvalue weighted by molar-refractivity contribution is 0.0817. The van der Waals surface area contributed by atoms with Crippen LogP contribution in [0, 0.1) is 24.1 Å². The Hall–Kier alpha value is -2.42. The van der Waals surface area contributed by atoms with Crippen molar-refractivity contribution in [2.45, 2.75) is 45.6 Å². The Morgan fingerprint density at radius 1 is 1.10 bits per heavy atom. The molecule has 1 aliphatic heterocycles. The highest BCUT2D eigenvalue weighted by atomic mass is 19.1. The Kier molecular flexibility index (Phi) is 8.87. The Morgan fingerprint density at radius 2 is 1.90 bits per heavy atom. The number of halogens is 1. The summed E-state index contributed by atoms with van der Waals surface area (Å²) < 4.78 is 19.0. The van der Waals surface area contributed by atoms with Gasteiger partial charge in [0.15, 0.2) is 0 Å². The van der Waals surface area contributed by atoms with Gasteiger partial charge in [0.1, 0.15) is 18.2 Å². The molecule has 1 aliphatic rings. The fourth-order valence-corrected chi connectivity index (χ4v) is 4.32. The van der Waals surface area contributed by atoms with Crippen LogP contribution in [-0.2, 0) is 0 Å². The fraction of sp³-hybridized carbons (Fsp3) is 0.500. The molecule has 0 aromatic heterocycles. The van der Waals surface area contributed by atoms with Crippen molar-refractivity contribution in [1.82, 2.24) is 9.80 Å². The molecule has 1 unspecified atom stereocenters. The number of piperazine rings is 1. The first-order valence-corrected chi connectivity index (χ1v) is 11.5. The van der Waals surface area contributed by atoms with Gasteiger partial charge in [-0.3, -0.25) is 9.80 Å². The minimum Gasteiger partial charge on any atom is -0.492 e. The van der Waals surface area contributed by atoms with E-state index < -0.39 is 0 Å². The van der Waals surface area contributed by atoms with Gasteiger partial charge in [-0.15, -0.1) is 0 Å². The summed E-state index contributed by atoms with van der Waals surface area (Å²) >= 11 is 0. The first-order valence-electron chi connectivity index (χ1n) is 11.5. The first kappa shape index (κ1) is 23.2. The topological polar surface area (TPSA) is 39.5 Å². The van der Waals surface area contributed by atoms with E-state index in [0.29, 0.717) is 18.4 Å². The van der Waals surface area contributed by atoms with E-state index >= 15 is 0 Å². The molecule has 5 heteroatoms. The zero-order chi connectivity index (χ0) is 22.1. The lowest BCUT2D eigenvalue weighted by atomic mass is 9.95. The van der Waals surface area contributed by atoms with E-state index in [4.69, 9.17) is 4.74 Å². The highest BCUT2D eigenvalue weighted by Gasteiger charge is 2.25. The van der Waals surface area contributed by atoms with Crippen LogP contribution >= 0.6 is 0 Å². The van der Waals surface area contributed by atoms with Crippen LogP contribution in [0.2, 0.25) is 0 Å². The second-order valence-electron chi connectivity index (χ2n) is 8.38. The molecule has 0 bridgehead atoms. The van der Waals surface area contributed by atoms with Crippen LogP contribution in [0.15, 0.2) is 42.5 Å². The van der Waals surface area contributed by atoms with Gasteiger partial charge in [-0.1, -0.05) is 44.4 Å². The third kappa shape index (κ3) is 6.78. The largest absolute Gasteiger partial charge is 0.492 e. The van der Waals surface area contributed by atoms with Gasteiger partial charge in [0.25, 0.3) is 0 Å². The van der Waals surface area contributed by atoms with Crippen LogP contribution in [0.4, 0.5) is 4.39 Å². The van der Waals surface area contributed by atoms with E-state index in [1.54, 1.807) is 12.1 Å². The third-order valence-electron chi connectivity index (χ3n) is 6.16. The molecular weight excluding hydrogens is 389 g/mol. The van der Waals surface area contributed by atoms with Gasteiger partial charge in [0.05, 0.1) is 11.6 Å². The van der Waals surface area contributed by atoms with Gasteiger partial charge in [0.2, 0.25) is 0 Å². The van der Waals surface area contributed by atoms with Gasteiger partial charge in [-0.05, 0) is 42.7 Å². The molecule has 166 valence electrons. The number of ether oxygens (including phenoxy) is 1. The molecule has 31 heavy (non-hydrogen) atoms. The average Bonchev–Trinajstić information content (AvgIpc) is 2.77. The van der Waals surface area contributed by atoms with Gasteiger partial charge in [0, 0.05) is 44.8 Å². The number of aryl methyl sites for hydroxylation is 1. The monoisotopic (exact) mass is 423 g/mol. The van der Waals surface area contributed by atoms with Crippen molar-refractivity contribution in [2.24, 2.45) is 0 Å². The third-order valence-corrected chi connectivity index (χ3v) is 6.16. The molecule has 0 saturated carbocycles. The SMILES string of the molecule is CCCCCC(c1ccc(C#N)c(C)c1)N1CCN(CCOc2cccc(F)c2)CC1. The molecule has 1 fully saturated rings. The molecule has 0 aliphatic carbocycles. The first-order chi connectivity index (χ1) is 15.1. The predicted octanol–water partition coefficient (Wildman–Crippen LogP) is 5.32. The van der Waals surface area contributed by atoms with Gasteiger partial charge in [-0.25, -0.2) is 4.39 Å². The number of benzene rings is 2. The number of hydrogen-bond acceptors (Lipinski definition) is 4. The van der Waals surface area contributed by atoms with Crippen LogP contribution in [0.3, 0.4) is 0 Å². The van der Waals surface area contributed by atoms with Gasteiger partial charge >= 0.3 is 0 Å². The summed E-state index contributed by atoms with van der Waals surface area (Å²) in [5.74, 6) is 0.323. The van der Waals surface area contributed by atoms with Crippen LogP contribution in [0.1, 0.15) is 55.3 Å². The average molecular weight is 424 g/mol. The summed E-state index contributed by atoms with van der Waals surface area (Å²) in [5.41, 5.74) is 3.16. The zero-order valence-corrected chi connectivity index (χ0v) is 18.8. The van der Waals surface area contributed by atoms with E-state index in [-0.39, 0.29) is 5.82 Å². The Bertz CT molecular complexity index is 871. The molecule has 2 aromatic carbocycles. The summed E-state index contributed by atoms with van der Waals surface area (Å²) in [6.07, 6.45) is 4.85. The fourth-order valence-electron chi connectivity index (χ4n) is 4.32. The van der Waals surface area contributed by atoms with Gasteiger partial charge < -0.3 is 4.74 Å². The number of nitrogens with zero attached hydrogens (tertiary/aromatic N) is 3. The van der Waals surface area contributed by atoms with Crippen LogP contribution < -0.4 is 4.74 Å². The van der Waals surface area contributed by atoms with E-state index in [1.807, 2.05) is 13.0 Å². The lowest BCUT2D eigenvalue weighted by Gasteiger charge is -2.39. The normalized spacial score (nSPS) is 16.1. The molecule has 0 N–H and O–H groups in total. The standard InChI is InChI=1S/C26H34FN3O/c1-3-4-5-9-26(22-10-11-23(20-28)21(2)18-22)30-14-12-29(13-15-30)16-17-31-25-8-6-7-24(27)19-25/h6-8,10-11,18-19,26H,3-5,9,12-17H2,1-2H3. The van der Waals surface area contributed by atoms with E-state index in [9.17, 15) is 9.65 Å². The Labute approximate surface area is 186 Å². The van der Waals surface area contributed by atoms with Crippen molar-refractivity contribution in [1.29, 1.82) is 5.26 Å². The molecule has 3 rings (SSSR count). The van der Waals surface area contributed by atoms with Crippen molar-refractivity contribution < 1.29 is 9.13 Å². The summed E-state index contributed by atoms with van der Waals surface area (Å²) in [7, 11) is 0. The molecule has 0 spiro atoms. The van der Waals surface area contributed by atoms with Crippen LogP contribution in [0.25, 0.3) is 0 Å². The minimum atomic E-state index is -0.265. The maximum atomic E-state index is 13.3. The van der Waals surface area contributed by atoms with Crippen LogP contribution in [0.5, 0.6) is 5.75 Å². The summed E-state index contributed by atoms with van der Waals surface area (Å²) in [5, 5.41) is 9.26. The number of hydrogen-bond donors (Lipinski definition) is 0. The molecule has 2 aromatic rings. The maximum Gasteiger partial charge on any atom is 0.126 e. The van der Waals surface area contributed by atoms with Crippen molar-refractivity contribution in [3.8, 4) is 11.8 Å². The summed E-state index contributed by atoms with van der Waals surface area (Å²) in [6.45, 7) is 9.75. The second kappa shape index (κ2) is 11.8. The molecule has 0 radical (unpaired) electrons. The lowest BCUT2D eigenvalue weighted by Crippen LogP contribution is -2.48. The Balaban J connectivity index is 1.54. The Morgan fingerprint density at radius 3 is 2.58 bits per heavy atom. The zero-order valence-electron chi connectivity index (χ0n) is 18.8. The summed E-state index contributed by atoms with van der Waals surface area (Å²) in [6, 6.07) is 15.3. The molecular formula is C26H34FN3O. The van der Waals surface area contributed by atoms with E-state index in [2.05, 4.69) is 34.9 Å². The smallest absolute Gasteiger partial charge is 0.126 e. The van der Waals surface area contributed by atoms with E-state index in [1.165, 1.54) is 37.0 Å². The molecule has 4 nitrogen and oxygen atoms in total. The van der Waals surface area contributed by atoms with Crippen molar-refractivity contribution in [3.63, 3.8) is 0 Å². The summed E-state index contributed by atoms with van der Waals surface area (Å²) in [4.78, 5) is 5.02. The maximum absolute atomic E-state index is 13.3. The van der Waals surface area contributed by atoms with E-state index in [0.717, 1.165) is 50.3 Å². The number of unbranched alkanes of at least 4 members (excludes halogenated alkanes) is 2. The molecule has 1 atom stereocenters. The van der Waals surface area contributed by atoms with Crippen molar-refractivity contribution in [2.75, 3.05) is 39.3 Å². The number of nitriles is 1. The second-order valence-corrected chi connectivity index (χ2v) is 8.38. The van der Waals surface area contributed by atoms with Crippen molar-refractivity contribution in [3.05, 3.63) is 65.0 Å². The van der Waals surface area contributed by atoms with Gasteiger partial charge in [-0.2, -0.15) is 5.26 Å². The molecule has 0 amide bonds.